The van der Waals surface area contributed by atoms with Gasteiger partial charge in [-0.15, -0.1) is 0 Å². The molecule has 25 heavy (non-hydrogen) atoms. The summed E-state index contributed by atoms with van der Waals surface area (Å²) < 4.78 is 18.9. The van der Waals surface area contributed by atoms with Crippen molar-refractivity contribution in [1.29, 1.82) is 0 Å². The van der Waals surface area contributed by atoms with Crippen molar-refractivity contribution in [3.63, 3.8) is 0 Å². The maximum atomic E-state index is 13.2. The van der Waals surface area contributed by atoms with Gasteiger partial charge in [0.15, 0.2) is 0 Å². The molecule has 2 aromatic carbocycles. The van der Waals surface area contributed by atoms with E-state index in [1.54, 1.807) is 24.3 Å². The van der Waals surface area contributed by atoms with E-state index in [-0.39, 0.29) is 17.9 Å². The van der Waals surface area contributed by atoms with E-state index in [1.165, 1.54) is 18.6 Å². The maximum Gasteiger partial charge on any atom is 0.338 e. The molecule has 0 atom stereocenters. The lowest BCUT2D eigenvalue weighted by atomic mass is 9.84. The summed E-state index contributed by atoms with van der Waals surface area (Å²) in [5, 5.41) is 1.64. The highest BCUT2D eigenvalue weighted by molar-refractivity contribution is 5.95. The number of carbonyl (C=O) groups is 1. The molecule has 0 radical (unpaired) electrons. The molecular formula is C22H25FO2. The maximum absolute atomic E-state index is 13.2. The Bertz CT molecular complexity index is 758. The summed E-state index contributed by atoms with van der Waals surface area (Å²) in [6.07, 6.45) is 10.9. The van der Waals surface area contributed by atoms with E-state index >= 15 is 0 Å². The number of hydrogen-bond acceptors (Lipinski definition) is 2. The van der Waals surface area contributed by atoms with Gasteiger partial charge in [0.2, 0.25) is 0 Å². The lowest BCUT2D eigenvalue weighted by Crippen LogP contribution is -2.24. The lowest BCUT2D eigenvalue weighted by Gasteiger charge is -2.28. The van der Waals surface area contributed by atoms with Crippen molar-refractivity contribution in [3.05, 3.63) is 59.9 Å². The second-order valence-electron chi connectivity index (χ2n) is 6.90. The monoisotopic (exact) mass is 340 g/mol. The van der Waals surface area contributed by atoms with Crippen molar-refractivity contribution in [2.45, 2.75) is 51.6 Å². The predicted molar refractivity (Wildman–Crippen MR) is 99.1 cm³/mol. The molecule has 1 saturated carbocycles. The summed E-state index contributed by atoms with van der Waals surface area (Å²) >= 11 is 0. The molecule has 0 spiro atoms. The van der Waals surface area contributed by atoms with Gasteiger partial charge in [0.1, 0.15) is 11.9 Å². The van der Waals surface area contributed by atoms with Crippen LogP contribution >= 0.6 is 0 Å². The Kier molecular flexibility index (Phi) is 5.85. The standard InChI is InChI=1S/C22H25FO2/c1-2-3-4-5-16-6-12-21(13-7-16)25-22(24)19-9-8-18-15-20(23)11-10-17(18)14-19/h2-3,8-11,14-16,21H,4-7,12-13H2,1H3/b3-2+. The van der Waals surface area contributed by atoms with Crippen LogP contribution in [0.4, 0.5) is 4.39 Å². The molecule has 0 saturated heterocycles. The highest BCUT2D eigenvalue weighted by atomic mass is 19.1. The predicted octanol–water partition coefficient (Wildman–Crippen LogP) is 6.05. The van der Waals surface area contributed by atoms with Crippen molar-refractivity contribution in [3.8, 4) is 0 Å². The van der Waals surface area contributed by atoms with Gasteiger partial charge in [0.25, 0.3) is 0 Å². The summed E-state index contributed by atoms with van der Waals surface area (Å²) in [5.41, 5.74) is 0.536. The fourth-order valence-corrected chi connectivity index (χ4v) is 3.60. The molecule has 132 valence electrons. The lowest BCUT2D eigenvalue weighted by molar-refractivity contribution is 0.0162. The highest BCUT2D eigenvalue weighted by Gasteiger charge is 2.24. The SMILES string of the molecule is C/C=C/CCC1CCC(OC(=O)c2ccc3cc(F)ccc3c2)CC1. The van der Waals surface area contributed by atoms with Gasteiger partial charge >= 0.3 is 5.97 Å². The van der Waals surface area contributed by atoms with E-state index in [9.17, 15) is 9.18 Å². The second-order valence-corrected chi connectivity index (χ2v) is 6.90. The number of halogens is 1. The summed E-state index contributed by atoms with van der Waals surface area (Å²) in [4.78, 5) is 12.4. The summed E-state index contributed by atoms with van der Waals surface area (Å²) in [6, 6.07) is 9.84. The fraction of sp³-hybridized carbons (Fsp3) is 0.409. The molecule has 0 unspecified atom stereocenters. The molecule has 0 aromatic heterocycles. The molecular weight excluding hydrogens is 315 g/mol. The number of hydrogen-bond donors (Lipinski definition) is 0. The molecule has 0 aliphatic heterocycles. The van der Waals surface area contributed by atoms with Gasteiger partial charge in [-0.1, -0.05) is 24.3 Å². The normalized spacial score (nSPS) is 20.9. The first-order chi connectivity index (χ1) is 12.2. The van der Waals surface area contributed by atoms with Gasteiger partial charge < -0.3 is 4.74 Å². The Morgan fingerprint density at radius 3 is 2.60 bits per heavy atom. The van der Waals surface area contributed by atoms with Gasteiger partial charge in [-0.25, -0.2) is 9.18 Å². The average Bonchev–Trinajstić information content (AvgIpc) is 2.63. The zero-order valence-corrected chi connectivity index (χ0v) is 14.7. The topological polar surface area (TPSA) is 26.3 Å². The minimum absolute atomic E-state index is 0.0226. The van der Waals surface area contributed by atoms with Crippen LogP contribution in [0, 0.1) is 11.7 Å². The molecule has 2 nitrogen and oxygen atoms in total. The van der Waals surface area contributed by atoms with E-state index in [2.05, 4.69) is 19.1 Å². The molecule has 0 heterocycles. The van der Waals surface area contributed by atoms with Crippen LogP contribution in [0.2, 0.25) is 0 Å². The van der Waals surface area contributed by atoms with E-state index in [0.717, 1.165) is 48.8 Å². The molecule has 0 amide bonds. The molecule has 3 rings (SSSR count). The Hall–Kier alpha value is -2.16. The number of rotatable bonds is 5. The first-order valence-corrected chi connectivity index (χ1v) is 9.17. The van der Waals surface area contributed by atoms with E-state index in [4.69, 9.17) is 4.74 Å². The number of benzene rings is 2. The zero-order valence-electron chi connectivity index (χ0n) is 14.7. The van der Waals surface area contributed by atoms with E-state index in [0.29, 0.717) is 5.56 Å². The van der Waals surface area contributed by atoms with Crippen molar-refractivity contribution in [2.24, 2.45) is 5.92 Å². The van der Waals surface area contributed by atoms with Gasteiger partial charge in [-0.3, -0.25) is 0 Å². The van der Waals surface area contributed by atoms with Crippen LogP contribution in [-0.2, 0) is 4.74 Å². The van der Waals surface area contributed by atoms with Gasteiger partial charge in [0.05, 0.1) is 5.56 Å². The quantitative estimate of drug-likeness (QED) is 0.489. The van der Waals surface area contributed by atoms with Crippen LogP contribution in [0.3, 0.4) is 0 Å². The van der Waals surface area contributed by atoms with Gasteiger partial charge in [-0.2, -0.15) is 0 Å². The highest BCUT2D eigenvalue weighted by Crippen LogP contribution is 2.30. The molecule has 0 bridgehead atoms. The molecule has 3 heteroatoms. The molecule has 2 aromatic rings. The van der Waals surface area contributed by atoms with E-state index < -0.39 is 0 Å². The van der Waals surface area contributed by atoms with Crippen LogP contribution in [0.5, 0.6) is 0 Å². The Labute approximate surface area is 148 Å². The molecule has 0 N–H and O–H groups in total. The summed E-state index contributed by atoms with van der Waals surface area (Å²) in [5.74, 6) is 0.208. The summed E-state index contributed by atoms with van der Waals surface area (Å²) in [6.45, 7) is 2.06. The largest absolute Gasteiger partial charge is 0.459 e. The first-order valence-electron chi connectivity index (χ1n) is 9.17. The fourth-order valence-electron chi connectivity index (χ4n) is 3.60. The van der Waals surface area contributed by atoms with Gasteiger partial charge in [0, 0.05) is 0 Å². The van der Waals surface area contributed by atoms with Crippen molar-refractivity contribution in [2.75, 3.05) is 0 Å². The Morgan fingerprint density at radius 1 is 1.12 bits per heavy atom. The van der Waals surface area contributed by atoms with Crippen LogP contribution in [0.15, 0.2) is 48.6 Å². The number of esters is 1. The molecule has 1 aliphatic carbocycles. The average molecular weight is 340 g/mol. The third kappa shape index (κ3) is 4.68. The number of carbonyl (C=O) groups excluding carboxylic acids is 1. The van der Waals surface area contributed by atoms with Crippen LogP contribution < -0.4 is 0 Å². The Balaban J connectivity index is 1.55. The molecule has 1 aliphatic rings. The minimum atomic E-state index is -0.274. The Morgan fingerprint density at radius 2 is 1.84 bits per heavy atom. The smallest absolute Gasteiger partial charge is 0.338 e. The number of fused-ring (bicyclic) bond motifs is 1. The van der Waals surface area contributed by atoms with Crippen LogP contribution in [-0.4, -0.2) is 12.1 Å². The third-order valence-corrected chi connectivity index (χ3v) is 5.08. The van der Waals surface area contributed by atoms with E-state index in [1.807, 2.05) is 0 Å². The van der Waals surface area contributed by atoms with Crippen molar-refractivity contribution in [1.82, 2.24) is 0 Å². The molecule has 1 fully saturated rings. The first kappa shape index (κ1) is 17.7. The summed E-state index contributed by atoms with van der Waals surface area (Å²) in [7, 11) is 0. The number of allylic oxidation sites excluding steroid dienone is 2. The van der Waals surface area contributed by atoms with Crippen LogP contribution in [0.25, 0.3) is 10.8 Å². The van der Waals surface area contributed by atoms with Crippen molar-refractivity contribution >= 4 is 16.7 Å². The third-order valence-electron chi connectivity index (χ3n) is 5.08. The second kappa shape index (κ2) is 8.28. The van der Waals surface area contributed by atoms with Gasteiger partial charge in [-0.05, 0) is 86.4 Å². The number of ether oxygens (including phenoxy) is 1. The van der Waals surface area contributed by atoms with Crippen molar-refractivity contribution < 1.29 is 13.9 Å². The minimum Gasteiger partial charge on any atom is -0.459 e. The van der Waals surface area contributed by atoms with Crippen LogP contribution in [0.1, 0.15) is 55.8 Å². The zero-order chi connectivity index (χ0) is 17.6.